The lowest BCUT2D eigenvalue weighted by molar-refractivity contribution is -0.254. The Hall–Kier alpha value is -3.81. The van der Waals surface area contributed by atoms with E-state index in [1.54, 1.807) is 10.8 Å². The fraction of sp³-hybridized carbons (Fsp3) is 0.207. The first-order valence-corrected chi connectivity index (χ1v) is 12.7. The summed E-state index contributed by atoms with van der Waals surface area (Å²) in [5.41, 5.74) is 5.85. The molecular weight excluding hydrogens is 525 g/mol. The summed E-state index contributed by atoms with van der Waals surface area (Å²) in [6.07, 6.45) is 4.61. The smallest absolute Gasteiger partial charge is 0.146 e. The van der Waals surface area contributed by atoms with E-state index in [1.165, 1.54) is 12.4 Å². The lowest BCUT2D eigenvalue weighted by Crippen LogP contribution is -2.21. The quantitative estimate of drug-likeness (QED) is 0.228. The van der Waals surface area contributed by atoms with Gasteiger partial charge in [0.2, 0.25) is 0 Å². The van der Waals surface area contributed by atoms with Gasteiger partial charge in [-0.15, -0.1) is 0 Å². The van der Waals surface area contributed by atoms with Gasteiger partial charge in [-0.25, -0.2) is 0 Å². The summed E-state index contributed by atoms with van der Waals surface area (Å²) in [5.74, 6) is 0.262. The van der Waals surface area contributed by atoms with Crippen molar-refractivity contribution in [1.29, 1.82) is 0 Å². The van der Waals surface area contributed by atoms with Gasteiger partial charge < -0.3 is 23.7 Å². The van der Waals surface area contributed by atoms with Crippen molar-refractivity contribution < 1.29 is 19.2 Å². The van der Waals surface area contributed by atoms with Crippen molar-refractivity contribution >= 4 is 40.1 Å². The predicted octanol–water partition coefficient (Wildman–Crippen LogP) is 6.58. The van der Waals surface area contributed by atoms with Crippen molar-refractivity contribution in [2.24, 2.45) is 7.05 Å². The number of carbonyl (C=O) groups is 1. The second-order valence-electron chi connectivity index (χ2n) is 9.45. The molecule has 2 aromatic carbocycles. The predicted molar refractivity (Wildman–Crippen MR) is 146 cm³/mol. The Bertz CT molecular complexity index is 1670. The van der Waals surface area contributed by atoms with E-state index < -0.39 is 5.97 Å². The highest BCUT2D eigenvalue weighted by atomic mass is 35.5. The highest BCUT2D eigenvalue weighted by Gasteiger charge is 2.24. The molecule has 0 saturated heterocycles. The maximum atomic E-state index is 11.5. The number of carboxylic acid groups (broad SMARTS) is 1. The molecule has 194 valence electrons. The summed E-state index contributed by atoms with van der Waals surface area (Å²) in [6.45, 7) is 6.25. The van der Waals surface area contributed by atoms with E-state index in [9.17, 15) is 9.90 Å². The van der Waals surface area contributed by atoms with Crippen LogP contribution in [0.4, 0.5) is 0 Å². The molecule has 3 aromatic heterocycles. The molecule has 0 unspecified atom stereocenters. The zero-order chi connectivity index (χ0) is 27.1. The van der Waals surface area contributed by atoms with Crippen LogP contribution in [0.5, 0.6) is 5.75 Å². The Morgan fingerprint density at radius 1 is 1.13 bits per heavy atom. The van der Waals surface area contributed by atoms with Gasteiger partial charge in [0.25, 0.3) is 0 Å². The number of aromatic carboxylic acids is 1. The molecule has 3 heterocycles. The lowest BCUT2D eigenvalue weighted by atomic mass is 9.98. The van der Waals surface area contributed by atoms with Crippen molar-refractivity contribution in [3.8, 4) is 28.1 Å². The summed E-state index contributed by atoms with van der Waals surface area (Å²) in [7, 11) is 1.82. The number of aryl methyl sites for hydroxylation is 2. The third kappa shape index (κ3) is 4.64. The van der Waals surface area contributed by atoms with Crippen LogP contribution in [0.1, 0.15) is 47.0 Å². The van der Waals surface area contributed by atoms with Gasteiger partial charge in [-0.1, -0.05) is 60.4 Å². The number of hydrogen-bond acceptors (Lipinski definition) is 6. The minimum Gasteiger partial charge on any atom is -0.545 e. The topological polar surface area (TPSA) is 93.2 Å². The number of benzene rings is 2. The molecule has 0 saturated carbocycles. The molecule has 0 aliphatic carbocycles. The van der Waals surface area contributed by atoms with Crippen LogP contribution in [-0.2, 0) is 13.7 Å². The van der Waals surface area contributed by atoms with Gasteiger partial charge in [-0.05, 0) is 41.8 Å². The van der Waals surface area contributed by atoms with Crippen molar-refractivity contribution in [1.82, 2.24) is 14.7 Å². The zero-order valence-corrected chi connectivity index (χ0v) is 22.7. The van der Waals surface area contributed by atoms with Crippen LogP contribution in [0.25, 0.3) is 33.3 Å². The lowest BCUT2D eigenvalue weighted by Gasteiger charge is -2.13. The van der Waals surface area contributed by atoms with E-state index >= 15 is 0 Å². The summed E-state index contributed by atoms with van der Waals surface area (Å²) in [4.78, 5) is 15.5. The Morgan fingerprint density at radius 3 is 2.53 bits per heavy atom. The third-order valence-corrected chi connectivity index (χ3v) is 7.11. The minimum atomic E-state index is -1.19. The maximum Gasteiger partial charge on any atom is 0.146 e. The summed E-state index contributed by atoms with van der Waals surface area (Å²) in [6, 6.07) is 11.6. The first-order chi connectivity index (χ1) is 18.2. The van der Waals surface area contributed by atoms with E-state index in [0.29, 0.717) is 38.2 Å². The molecule has 0 radical (unpaired) electrons. The molecule has 5 rings (SSSR count). The van der Waals surface area contributed by atoms with Crippen LogP contribution in [0.2, 0.25) is 10.0 Å². The fourth-order valence-electron chi connectivity index (χ4n) is 4.67. The number of carbonyl (C=O) groups excluding carboxylic acids is 1. The van der Waals surface area contributed by atoms with Crippen LogP contribution >= 0.6 is 23.2 Å². The number of fused-ring (bicyclic) bond motifs is 1. The molecule has 0 N–H and O–H groups in total. The molecule has 0 spiro atoms. The molecule has 0 aliphatic rings. The average molecular weight is 549 g/mol. The minimum absolute atomic E-state index is 0.0724. The van der Waals surface area contributed by atoms with E-state index in [2.05, 4.69) is 10.1 Å². The molecule has 0 aliphatic heterocycles. The molecule has 0 bridgehead atoms. The van der Waals surface area contributed by atoms with E-state index in [0.717, 1.165) is 27.8 Å². The Labute approximate surface area is 229 Å². The van der Waals surface area contributed by atoms with Crippen LogP contribution in [-0.4, -0.2) is 20.7 Å². The highest BCUT2D eigenvalue weighted by Crippen LogP contribution is 2.38. The molecule has 5 aromatic rings. The van der Waals surface area contributed by atoms with Crippen molar-refractivity contribution in [2.45, 2.75) is 33.3 Å². The van der Waals surface area contributed by atoms with Gasteiger partial charge in [-0.3, -0.25) is 4.98 Å². The van der Waals surface area contributed by atoms with Gasteiger partial charge in [0.1, 0.15) is 23.8 Å². The molecule has 0 fully saturated rings. The van der Waals surface area contributed by atoms with E-state index in [1.807, 2.05) is 64.2 Å². The first kappa shape index (κ1) is 25.8. The number of nitrogens with zero attached hydrogens (tertiary/aromatic N) is 3. The number of carboxylic acids is 1. The normalized spacial score (nSPS) is 11.4. The number of pyridine rings is 1. The molecular formula is C29H24Cl2N3O4-. The summed E-state index contributed by atoms with van der Waals surface area (Å²) in [5, 5.41) is 17.1. The summed E-state index contributed by atoms with van der Waals surface area (Å²) >= 11 is 12.8. The molecule has 0 atom stereocenters. The molecule has 9 heteroatoms. The number of aromatic nitrogens is 3. The maximum absolute atomic E-state index is 11.5. The van der Waals surface area contributed by atoms with Gasteiger partial charge >= 0.3 is 0 Å². The van der Waals surface area contributed by atoms with E-state index in [4.69, 9.17) is 32.5 Å². The van der Waals surface area contributed by atoms with Crippen LogP contribution in [0.15, 0.2) is 59.5 Å². The Morgan fingerprint density at radius 2 is 1.87 bits per heavy atom. The van der Waals surface area contributed by atoms with Crippen LogP contribution in [0.3, 0.4) is 0 Å². The zero-order valence-electron chi connectivity index (χ0n) is 21.2. The summed E-state index contributed by atoms with van der Waals surface area (Å²) < 4.78 is 13.7. The second-order valence-corrected chi connectivity index (χ2v) is 10.3. The Balaban J connectivity index is 1.44. The number of rotatable bonds is 7. The average Bonchev–Trinajstić information content (AvgIpc) is 3.44. The van der Waals surface area contributed by atoms with Crippen LogP contribution in [0, 0.1) is 6.92 Å². The van der Waals surface area contributed by atoms with Gasteiger partial charge in [0.15, 0.2) is 0 Å². The number of halogens is 2. The molecule has 0 amide bonds. The Kier molecular flexibility index (Phi) is 6.90. The van der Waals surface area contributed by atoms with Crippen molar-refractivity contribution in [3.63, 3.8) is 0 Å². The van der Waals surface area contributed by atoms with Gasteiger partial charge in [0, 0.05) is 53.6 Å². The largest absolute Gasteiger partial charge is 0.545 e. The van der Waals surface area contributed by atoms with Gasteiger partial charge in [-0.2, -0.15) is 0 Å². The standard InChI is InChI=1S/C29H25Cl2N3O4/c1-15(2)28-22(27(33-38-28)26-23(30)11-32-12-24(26)31)14-37-18-6-8-19(16(3)9-18)17-5-7-20-21(29(35)36)13-34(4)25(20)10-17/h5-13,15H,14H2,1-4H3,(H,35,36)/p-1. The molecule has 38 heavy (non-hydrogen) atoms. The molecule has 7 nitrogen and oxygen atoms in total. The number of ether oxygens (including phenoxy) is 1. The highest BCUT2D eigenvalue weighted by molar-refractivity contribution is 6.38. The monoisotopic (exact) mass is 548 g/mol. The van der Waals surface area contributed by atoms with Crippen LogP contribution < -0.4 is 9.84 Å². The van der Waals surface area contributed by atoms with Gasteiger partial charge in [0.05, 0.1) is 21.6 Å². The first-order valence-electron chi connectivity index (χ1n) is 12.0. The van der Waals surface area contributed by atoms with E-state index in [-0.39, 0.29) is 18.1 Å². The van der Waals surface area contributed by atoms with Crippen molar-refractivity contribution in [2.75, 3.05) is 0 Å². The number of hydrogen-bond donors (Lipinski definition) is 0. The fourth-order valence-corrected chi connectivity index (χ4v) is 5.21. The third-order valence-electron chi connectivity index (χ3n) is 6.54. The van der Waals surface area contributed by atoms with Crippen molar-refractivity contribution in [3.05, 3.63) is 87.5 Å². The SMILES string of the molecule is Cc1cc(OCc2c(-c3c(Cl)cncc3Cl)noc2C(C)C)ccc1-c1ccc2c(C(=O)[O-])cn(C)c2c1. The second kappa shape index (κ2) is 10.2.